The summed E-state index contributed by atoms with van der Waals surface area (Å²) < 4.78 is 15.5. The lowest BCUT2D eigenvalue weighted by molar-refractivity contribution is -0.144. The van der Waals surface area contributed by atoms with Crippen molar-refractivity contribution in [2.45, 2.75) is 66.0 Å². The zero-order valence-corrected chi connectivity index (χ0v) is 23.3. The Morgan fingerprint density at radius 2 is 1.71 bits per heavy atom. The lowest BCUT2D eigenvalue weighted by Crippen LogP contribution is -2.45. The van der Waals surface area contributed by atoms with Crippen molar-refractivity contribution in [2.24, 2.45) is 5.41 Å². The number of aromatic nitrogens is 1. The van der Waals surface area contributed by atoms with Crippen molar-refractivity contribution in [1.82, 2.24) is 10.3 Å². The van der Waals surface area contributed by atoms with Crippen LogP contribution in [0.2, 0.25) is 0 Å². The second kappa shape index (κ2) is 11.7. The van der Waals surface area contributed by atoms with Gasteiger partial charge in [0.25, 0.3) is 0 Å². The summed E-state index contributed by atoms with van der Waals surface area (Å²) in [5, 5.41) is 3.73. The van der Waals surface area contributed by atoms with Gasteiger partial charge in [0.15, 0.2) is 0 Å². The molecule has 0 radical (unpaired) electrons. The minimum Gasteiger partial charge on any atom is -0.467 e. The Kier molecular flexibility index (Phi) is 8.86. The highest BCUT2D eigenvalue weighted by molar-refractivity contribution is 5.88. The second-order valence-electron chi connectivity index (χ2n) is 11.3. The van der Waals surface area contributed by atoms with Crippen LogP contribution in [0.4, 0.5) is 4.79 Å². The summed E-state index contributed by atoms with van der Waals surface area (Å²) >= 11 is 0. The predicted octanol–water partition coefficient (Wildman–Crippen LogP) is 5.58. The van der Waals surface area contributed by atoms with Crippen LogP contribution < -0.4 is 5.32 Å². The molecule has 8 nitrogen and oxygen atoms in total. The number of amides is 1. The molecule has 1 heterocycles. The summed E-state index contributed by atoms with van der Waals surface area (Å²) in [6.07, 6.45) is 2.32. The average Bonchev–Trinajstić information content (AvgIpc) is 3.22. The first kappa shape index (κ1) is 28.8. The zero-order chi connectivity index (χ0) is 28.1. The highest BCUT2D eigenvalue weighted by Gasteiger charge is 2.26. The first-order chi connectivity index (χ1) is 17.8. The molecule has 204 valence electrons. The number of fused-ring (bicyclic) bond motifs is 1. The van der Waals surface area contributed by atoms with Crippen molar-refractivity contribution in [1.29, 1.82) is 0 Å². The topological polar surface area (TPSA) is 107 Å². The summed E-state index contributed by atoms with van der Waals surface area (Å²) in [4.78, 5) is 39.3. The smallest absolute Gasteiger partial charge is 0.408 e. The maximum absolute atomic E-state index is 12.4. The minimum absolute atomic E-state index is 0.221. The maximum Gasteiger partial charge on any atom is 0.408 e. The number of esters is 2. The third kappa shape index (κ3) is 8.10. The Labute approximate surface area is 224 Å². The Balaban J connectivity index is 1.83. The monoisotopic (exact) mass is 522 g/mol. The van der Waals surface area contributed by atoms with Gasteiger partial charge in [-0.25, -0.2) is 9.59 Å². The highest BCUT2D eigenvalue weighted by atomic mass is 16.6. The van der Waals surface area contributed by atoms with Gasteiger partial charge in [-0.2, -0.15) is 0 Å². The van der Waals surface area contributed by atoms with E-state index >= 15 is 0 Å². The van der Waals surface area contributed by atoms with Crippen LogP contribution in [0.25, 0.3) is 22.0 Å². The van der Waals surface area contributed by atoms with E-state index in [9.17, 15) is 14.4 Å². The third-order valence-electron chi connectivity index (χ3n) is 5.98. The van der Waals surface area contributed by atoms with Crippen LogP contribution in [0, 0.1) is 5.41 Å². The molecule has 1 atom stereocenters. The van der Waals surface area contributed by atoms with Crippen LogP contribution in [-0.4, -0.2) is 48.4 Å². The number of hydrogen-bond acceptors (Lipinski definition) is 6. The Hall–Kier alpha value is -3.81. The number of H-pyrrole nitrogens is 1. The summed E-state index contributed by atoms with van der Waals surface area (Å²) in [6, 6.07) is 13.2. The van der Waals surface area contributed by atoms with E-state index in [0.717, 1.165) is 39.6 Å². The molecule has 1 amide bonds. The van der Waals surface area contributed by atoms with Crippen LogP contribution >= 0.6 is 0 Å². The van der Waals surface area contributed by atoms with Crippen LogP contribution in [0.1, 0.15) is 52.7 Å². The molecular weight excluding hydrogens is 484 g/mol. The molecule has 2 aromatic carbocycles. The van der Waals surface area contributed by atoms with Crippen molar-refractivity contribution >= 4 is 28.9 Å². The number of carbonyl (C=O) groups is 3. The van der Waals surface area contributed by atoms with E-state index in [4.69, 9.17) is 14.2 Å². The number of carbonyl (C=O) groups excluding carboxylic acids is 3. The summed E-state index contributed by atoms with van der Waals surface area (Å²) in [7, 11) is 1.29. The molecule has 1 aromatic heterocycles. The molecule has 0 aliphatic rings. The molecule has 0 bridgehead atoms. The molecule has 0 spiro atoms. The largest absolute Gasteiger partial charge is 0.467 e. The number of rotatable bonds is 9. The van der Waals surface area contributed by atoms with E-state index in [-0.39, 0.29) is 17.8 Å². The van der Waals surface area contributed by atoms with Gasteiger partial charge in [0, 0.05) is 35.9 Å². The molecule has 0 aliphatic carbocycles. The summed E-state index contributed by atoms with van der Waals surface area (Å²) in [5.74, 6) is -0.828. The lowest BCUT2D eigenvalue weighted by Gasteiger charge is -2.23. The molecule has 3 aromatic rings. The van der Waals surface area contributed by atoms with Gasteiger partial charge in [0.1, 0.15) is 11.6 Å². The van der Waals surface area contributed by atoms with Crippen LogP contribution in [0.15, 0.2) is 48.7 Å². The Morgan fingerprint density at radius 3 is 2.37 bits per heavy atom. The van der Waals surface area contributed by atoms with E-state index in [1.54, 1.807) is 20.8 Å². The number of ether oxygens (including phenoxy) is 3. The van der Waals surface area contributed by atoms with E-state index < -0.39 is 23.7 Å². The summed E-state index contributed by atoms with van der Waals surface area (Å²) in [5.41, 5.74) is 4.13. The van der Waals surface area contributed by atoms with Crippen molar-refractivity contribution in [2.75, 3.05) is 13.7 Å². The second-order valence-corrected chi connectivity index (χ2v) is 11.3. The van der Waals surface area contributed by atoms with E-state index in [1.165, 1.54) is 14.0 Å². The number of hydrogen-bond donors (Lipinski definition) is 2. The Morgan fingerprint density at radius 1 is 1.00 bits per heavy atom. The van der Waals surface area contributed by atoms with Crippen molar-refractivity contribution < 1.29 is 28.6 Å². The third-order valence-corrected chi connectivity index (χ3v) is 5.98. The van der Waals surface area contributed by atoms with Gasteiger partial charge >= 0.3 is 18.0 Å². The minimum atomic E-state index is -0.886. The zero-order valence-electron chi connectivity index (χ0n) is 23.3. The standard InChI is InChI=1S/C30H38N2O6/c1-19(33)37-18-30(5,6)16-23-17-31-25-12-11-22(15-24(23)25)21-10-8-9-20(13-21)14-26(27(34)36-7)32-28(35)38-29(2,3)4/h8-13,15,17,26,31H,14,16,18H2,1-7H3,(H,32,35)/t26-/m0/s1. The number of methoxy groups -OCH3 is 1. The first-order valence-corrected chi connectivity index (χ1v) is 12.7. The normalized spacial score (nSPS) is 12.6. The molecule has 3 rings (SSSR count). The Bertz CT molecular complexity index is 1300. The number of benzene rings is 2. The maximum atomic E-state index is 12.4. The van der Waals surface area contributed by atoms with Gasteiger partial charge in [0.2, 0.25) is 0 Å². The highest BCUT2D eigenvalue weighted by Crippen LogP contribution is 2.31. The average molecular weight is 523 g/mol. The lowest BCUT2D eigenvalue weighted by atomic mass is 9.86. The van der Waals surface area contributed by atoms with E-state index in [1.807, 2.05) is 42.6 Å². The van der Waals surface area contributed by atoms with Gasteiger partial charge in [-0.1, -0.05) is 44.2 Å². The molecule has 0 saturated heterocycles. The van der Waals surface area contributed by atoms with Gasteiger partial charge in [-0.15, -0.1) is 0 Å². The van der Waals surface area contributed by atoms with Crippen LogP contribution in [0.5, 0.6) is 0 Å². The quantitative estimate of drug-likeness (QED) is 0.281. The van der Waals surface area contributed by atoms with Gasteiger partial charge < -0.3 is 24.5 Å². The number of alkyl carbamates (subject to hydrolysis) is 1. The fourth-order valence-electron chi connectivity index (χ4n) is 4.27. The molecule has 0 aliphatic heterocycles. The summed E-state index contributed by atoms with van der Waals surface area (Å²) in [6.45, 7) is 11.2. The van der Waals surface area contributed by atoms with Gasteiger partial charge in [-0.05, 0) is 61.6 Å². The SMILES string of the molecule is COC(=O)[C@H](Cc1cccc(-c2ccc3[nH]cc(CC(C)(C)COC(C)=O)c3c2)c1)NC(=O)OC(C)(C)C. The van der Waals surface area contributed by atoms with Crippen LogP contribution in [-0.2, 0) is 36.6 Å². The van der Waals surface area contributed by atoms with Crippen molar-refractivity contribution in [3.05, 3.63) is 59.8 Å². The molecule has 0 fully saturated rings. The van der Waals surface area contributed by atoms with Gasteiger partial charge in [-0.3, -0.25) is 4.79 Å². The molecule has 8 heteroatoms. The molecule has 0 saturated carbocycles. The van der Waals surface area contributed by atoms with E-state index in [2.05, 4.69) is 30.2 Å². The fraction of sp³-hybridized carbons (Fsp3) is 0.433. The fourth-order valence-corrected chi connectivity index (χ4v) is 4.27. The number of aromatic amines is 1. The molecular formula is C30H38N2O6. The first-order valence-electron chi connectivity index (χ1n) is 12.7. The van der Waals surface area contributed by atoms with Crippen molar-refractivity contribution in [3.8, 4) is 11.1 Å². The number of nitrogens with one attached hydrogen (secondary N) is 2. The van der Waals surface area contributed by atoms with Crippen molar-refractivity contribution in [3.63, 3.8) is 0 Å². The van der Waals surface area contributed by atoms with Crippen LogP contribution in [0.3, 0.4) is 0 Å². The van der Waals surface area contributed by atoms with Gasteiger partial charge in [0.05, 0.1) is 13.7 Å². The van der Waals surface area contributed by atoms with E-state index in [0.29, 0.717) is 6.61 Å². The molecule has 38 heavy (non-hydrogen) atoms. The molecule has 0 unspecified atom stereocenters. The predicted molar refractivity (Wildman–Crippen MR) is 147 cm³/mol. The molecule has 2 N–H and O–H groups in total.